The van der Waals surface area contributed by atoms with Gasteiger partial charge in [0.25, 0.3) is 0 Å². The van der Waals surface area contributed by atoms with Gasteiger partial charge in [-0.25, -0.2) is 0 Å². The zero-order chi connectivity index (χ0) is 17.4. The highest BCUT2D eigenvalue weighted by Crippen LogP contribution is 2.38. The van der Waals surface area contributed by atoms with Gasteiger partial charge in [-0.05, 0) is 48.9 Å². The van der Waals surface area contributed by atoms with E-state index in [0.29, 0.717) is 19.5 Å². The molecule has 0 spiro atoms. The predicted molar refractivity (Wildman–Crippen MR) is 96.6 cm³/mol. The van der Waals surface area contributed by atoms with E-state index in [1.54, 1.807) is 0 Å². The van der Waals surface area contributed by atoms with Crippen molar-refractivity contribution in [2.24, 2.45) is 11.1 Å². The van der Waals surface area contributed by atoms with Gasteiger partial charge in [-0.3, -0.25) is 9.59 Å². The molecule has 0 unspecified atom stereocenters. The zero-order valence-electron chi connectivity index (χ0n) is 14.6. The number of hydrogen-bond acceptors (Lipinski definition) is 3. The molecule has 0 bridgehead atoms. The minimum absolute atomic E-state index is 0.0162. The summed E-state index contributed by atoms with van der Waals surface area (Å²) in [6.07, 6.45) is 7.10. The molecule has 1 fully saturated rings. The number of benzene rings is 1. The fourth-order valence-electron chi connectivity index (χ4n) is 3.46. The maximum Gasteiger partial charge on any atom is 0.221 e. The first-order valence-electron chi connectivity index (χ1n) is 8.86. The molecule has 1 saturated carbocycles. The Labute approximate surface area is 144 Å². The number of nitrogens with one attached hydrogen (secondary N) is 2. The normalized spacial score (nSPS) is 16.4. The van der Waals surface area contributed by atoms with E-state index in [0.717, 1.165) is 30.5 Å². The maximum absolute atomic E-state index is 12.2. The van der Waals surface area contributed by atoms with E-state index < -0.39 is 0 Å². The molecule has 5 heteroatoms. The lowest BCUT2D eigenvalue weighted by Crippen LogP contribution is -2.39. The van der Waals surface area contributed by atoms with Crippen LogP contribution in [-0.4, -0.2) is 24.9 Å². The van der Waals surface area contributed by atoms with Crippen molar-refractivity contribution in [3.05, 3.63) is 29.8 Å². The van der Waals surface area contributed by atoms with E-state index in [4.69, 9.17) is 5.73 Å². The highest BCUT2D eigenvalue weighted by Gasteiger charge is 2.32. The molecule has 0 aromatic heterocycles. The molecule has 1 aromatic rings. The standard InChI is InChI=1S/C19H29N3O2/c1-15(23)22-17-7-5-16(6-8-17)9-12-21-18(24)13-19(14-20)10-3-2-4-11-19/h5-8H,2-4,9-14,20H2,1H3,(H,21,24)(H,22,23). The molecule has 0 atom stereocenters. The van der Waals surface area contributed by atoms with Crippen molar-refractivity contribution in [3.63, 3.8) is 0 Å². The molecule has 0 heterocycles. The Bertz CT molecular complexity index is 548. The van der Waals surface area contributed by atoms with Gasteiger partial charge in [-0.2, -0.15) is 0 Å². The molecule has 2 rings (SSSR count). The molecule has 1 aliphatic carbocycles. The predicted octanol–water partition coefficient (Wildman–Crippen LogP) is 2.60. The summed E-state index contributed by atoms with van der Waals surface area (Å²) < 4.78 is 0. The van der Waals surface area contributed by atoms with Gasteiger partial charge in [0.15, 0.2) is 0 Å². The van der Waals surface area contributed by atoms with Crippen LogP contribution in [-0.2, 0) is 16.0 Å². The number of amides is 2. The number of carbonyl (C=O) groups excluding carboxylic acids is 2. The van der Waals surface area contributed by atoms with E-state index in [1.165, 1.54) is 26.2 Å². The Kier molecular flexibility index (Phi) is 6.79. The van der Waals surface area contributed by atoms with Gasteiger partial charge < -0.3 is 16.4 Å². The largest absolute Gasteiger partial charge is 0.356 e. The quantitative estimate of drug-likeness (QED) is 0.718. The van der Waals surface area contributed by atoms with Gasteiger partial charge in [0.05, 0.1) is 0 Å². The van der Waals surface area contributed by atoms with Gasteiger partial charge in [0, 0.05) is 25.6 Å². The molecule has 4 N–H and O–H groups in total. The maximum atomic E-state index is 12.2. The van der Waals surface area contributed by atoms with Gasteiger partial charge in [0.1, 0.15) is 0 Å². The molecular formula is C19H29N3O2. The smallest absolute Gasteiger partial charge is 0.221 e. The van der Waals surface area contributed by atoms with Gasteiger partial charge in [-0.1, -0.05) is 31.4 Å². The first-order valence-corrected chi connectivity index (χ1v) is 8.86. The molecule has 132 valence electrons. The van der Waals surface area contributed by atoms with Gasteiger partial charge >= 0.3 is 0 Å². The summed E-state index contributed by atoms with van der Waals surface area (Å²) in [5, 5.41) is 5.76. The van der Waals surface area contributed by atoms with Crippen LogP contribution in [0.3, 0.4) is 0 Å². The SMILES string of the molecule is CC(=O)Nc1ccc(CCNC(=O)CC2(CN)CCCCC2)cc1. The third-order valence-electron chi connectivity index (χ3n) is 4.89. The van der Waals surface area contributed by atoms with Crippen LogP contribution in [0, 0.1) is 5.41 Å². The molecule has 0 saturated heterocycles. The van der Waals surface area contributed by atoms with Crippen LogP contribution in [0.25, 0.3) is 0 Å². The zero-order valence-corrected chi connectivity index (χ0v) is 14.6. The van der Waals surface area contributed by atoms with Crippen LogP contribution < -0.4 is 16.4 Å². The molecule has 0 radical (unpaired) electrons. The van der Waals surface area contributed by atoms with Crippen molar-refractivity contribution in [2.75, 3.05) is 18.4 Å². The molecule has 1 aliphatic rings. The van der Waals surface area contributed by atoms with Gasteiger partial charge in [0.2, 0.25) is 11.8 Å². The summed E-state index contributed by atoms with van der Waals surface area (Å²) in [7, 11) is 0. The lowest BCUT2D eigenvalue weighted by molar-refractivity contribution is -0.123. The second-order valence-corrected chi connectivity index (χ2v) is 6.92. The summed E-state index contributed by atoms with van der Waals surface area (Å²) in [5.41, 5.74) is 7.89. The summed E-state index contributed by atoms with van der Waals surface area (Å²) in [6.45, 7) is 2.72. The van der Waals surface area contributed by atoms with Crippen LogP contribution >= 0.6 is 0 Å². The Hall–Kier alpha value is -1.88. The highest BCUT2D eigenvalue weighted by molar-refractivity contribution is 5.88. The first-order chi connectivity index (χ1) is 11.5. The van der Waals surface area contributed by atoms with E-state index in [1.807, 2.05) is 24.3 Å². The van der Waals surface area contributed by atoms with E-state index in [-0.39, 0.29) is 17.2 Å². The van der Waals surface area contributed by atoms with E-state index in [9.17, 15) is 9.59 Å². The van der Waals surface area contributed by atoms with E-state index >= 15 is 0 Å². The summed E-state index contributed by atoms with van der Waals surface area (Å²) in [6, 6.07) is 7.70. The lowest BCUT2D eigenvalue weighted by atomic mass is 9.71. The van der Waals surface area contributed by atoms with Crippen molar-refractivity contribution >= 4 is 17.5 Å². The van der Waals surface area contributed by atoms with Crippen LogP contribution in [0.1, 0.15) is 51.0 Å². The number of nitrogens with two attached hydrogens (primary N) is 1. The Morgan fingerprint density at radius 3 is 2.38 bits per heavy atom. The summed E-state index contributed by atoms with van der Waals surface area (Å²) in [5.74, 6) is 0.0313. The molecule has 24 heavy (non-hydrogen) atoms. The highest BCUT2D eigenvalue weighted by atomic mass is 16.2. The number of anilines is 1. The Morgan fingerprint density at radius 1 is 1.12 bits per heavy atom. The minimum atomic E-state index is -0.0773. The topological polar surface area (TPSA) is 84.2 Å². The Morgan fingerprint density at radius 2 is 1.79 bits per heavy atom. The van der Waals surface area contributed by atoms with Crippen LogP contribution in [0.4, 0.5) is 5.69 Å². The second kappa shape index (κ2) is 8.83. The number of hydrogen-bond donors (Lipinski definition) is 3. The van der Waals surface area contributed by atoms with E-state index in [2.05, 4.69) is 10.6 Å². The van der Waals surface area contributed by atoms with Crippen LogP contribution in [0.2, 0.25) is 0 Å². The fourth-order valence-corrected chi connectivity index (χ4v) is 3.46. The Balaban J connectivity index is 1.74. The average molecular weight is 331 g/mol. The number of carbonyl (C=O) groups is 2. The average Bonchev–Trinajstić information content (AvgIpc) is 2.57. The molecular weight excluding hydrogens is 302 g/mol. The van der Waals surface area contributed by atoms with Crippen molar-refractivity contribution in [1.29, 1.82) is 0 Å². The first kappa shape index (κ1) is 18.5. The van der Waals surface area contributed by atoms with Crippen LogP contribution in [0.5, 0.6) is 0 Å². The van der Waals surface area contributed by atoms with Crippen molar-refractivity contribution < 1.29 is 9.59 Å². The summed E-state index contributed by atoms with van der Waals surface area (Å²) in [4.78, 5) is 23.2. The molecule has 5 nitrogen and oxygen atoms in total. The third kappa shape index (κ3) is 5.64. The third-order valence-corrected chi connectivity index (χ3v) is 4.89. The molecule has 1 aromatic carbocycles. The summed E-state index contributed by atoms with van der Waals surface area (Å²) >= 11 is 0. The van der Waals surface area contributed by atoms with Crippen molar-refractivity contribution in [3.8, 4) is 0 Å². The lowest BCUT2D eigenvalue weighted by Gasteiger charge is -2.35. The van der Waals surface area contributed by atoms with Crippen LogP contribution in [0.15, 0.2) is 24.3 Å². The fraction of sp³-hybridized carbons (Fsp3) is 0.579. The minimum Gasteiger partial charge on any atom is -0.356 e. The monoisotopic (exact) mass is 331 g/mol. The van der Waals surface area contributed by atoms with Gasteiger partial charge in [-0.15, -0.1) is 0 Å². The molecule has 2 amide bonds. The van der Waals surface area contributed by atoms with Crippen molar-refractivity contribution in [2.45, 2.75) is 51.9 Å². The van der Waals surface area contributed by atoms with Crippen molar-refractivity contribution in [1.82, 2.24) is 5.32 Å². The second-order valence-electron chi connectivity index (χ2n) is 6.92. The molecule has 0 aliphatic heterocycles. The number of rotatable bonds is 7.